The van der Waals surface area contributed by atoms with Gasteiger partial charge in [0.25, 0.3) is 0 Å². The highest BCUT2D eigenvalue weighted by molar-refractivity contribution is 6.00. The molecule has 0 saturated carbocycles. The number of allylic oxidation sites excluding steroid dienone is 4. The first kappa shape index (κ1) is 18.7. The molecule has 1 nitrogen and oxygen atoms in total. The van der Waals surface area contributed by atoms with Crippen molar-refractivity contribution < 1.29 is 4.42 Å². The van der Waals surface area contributed by atoms with Crippen molar-refractivity contribution in [3.05, 3.63) is 100 Å². The molecule has 148 valence electrons. The third-order valence-corrected chi connectivity index (χ3v) is 6.28. The van der Waals surface area contributed by atoms with Crippen LogP contribution in [0, 0.1) is 6.92 Å². The first-order valence-electron chi connectivity index (χ1n) is 10.7. The minimum atomic E-state index is 0.978. The number of fused-ring (bicyclic) bond motifs is 4. The van der Waals surface area contributed by atoms with Crippen LogP contribution in [0.25, 0.3) is 39.5 Å². The molecule has 0 fully saturated rings. The summed E-state index contributed by atoms with van der Waals surface area (Å²) in [7, 11) is 0. The van der Waals surface area contributed by atoms with Crippen molar-refractivity contribution in [2.45, 2.75) is 33.6 Å². The molecule has 0 unspecified atom stereocenters. The van der Waals surface area contributed by atoms with Gasteiger partial charge in [0.15, 0.2) is 0 Å². The van der Waals surface area contributed by atoms with Crippen LogP contribution in [0.15, 0.2) is 76.7 Å². The van der Waals surface area contributed by atoms with Gasteiger partial charge in [0.1, 0.15) is 11.3 Å². The molecule has 1 heterocycles. The van der Waals surface area contributed by atoms with E-state index in [0.29, 0.717) is 0 Å². The summed E-state index contributed by atoms with van der Waals surface area (Å²) in [6.45, 7) is 6.36. The second kappa shape index (κ2) is 7.50. The zero-order valence-electron chi connectivity index (χ0n) is 17.8. The lowest BCUT2D eigenvalue weighted by Gasteiger charge is -2.16. The maximum Gasteiger partial charge on any atom is 0.135 e. The van der Waals surface area contributed by atoms with Crippen molar-refractivity contribution >= 4 is 39.5 Å². The summed E-state index contributed by atoms with van der Waals surface area (Å²) in [6.07, 6.45) is 10.7. The minimum absolute atomic E-state index is 0.978. The second-order valence-electron chi connectivity index (χ2n) is 8.21. The quantitative estimate of drug-likeness (QED) is 0.320. The molecule has 0 atom stereocenters. The third-order valence-electron chi connectivity index (χ3n) is 6.28. The zero-order chi connectivity index (χ0) is 20.7. The Morgan fingerprint density at radius 1 is 0.933 bits per heavy atom. The molecular formula is C29H26O. The van der Waals surface area contributed by atoms with Crippen LogP contribution in [-0.2, 0) is 6.42 Å². The maximum absolute atomic E-state index is 6.33. The molecule has 0 saturated heterocycles. The lowest BCUT2D eigenvalue weighted by molar-refractivity contribution is 0.596. The number of hydrogen-bond donors (Lipinski definition) is 0. The summed E-state index contributed by atoms with van der Waals surface area (Å²) in [5, 5.41) is 3.91. The Morgan fingerprint density at radius 3 is 2.60 bits per heavy atom. The number of aryl methyl sites for hydroxylation is 2. The molecule has 1 heteroatoms. The Labute approximate surface area is 178 Å². The van der Waals surface area contributed by atoms with E-state index in [1.54, 1.807) is 0 Å². The summed E-state index contributed by atoms with van der Waals surface area (Å²) in [4.78, 5) is 0. The SMILES string of the molecule is CC=C(C)C=Cc1ccc2c3c(oc2c1)C=C(c1ccc(C)c2ccccc12)CC3. The second-order valence-corrected chi connectivity index (χ2v) is 8.21. The van der Waals surface area contributed by atoms with Gasteiger partial charge in [0, 0.05) is 10.9 Å². The highest BCUT2D eigenvalue weighted by Crippen LogP contribution is 2.39. The van der Waals surface area contributed by atoms with Crippen LogP contribution in [0.3, 0.4) is 0 Å². The summed E-state index contributed by atoms with van der Waals surface area (Å²) in [5.41, 5.74) is 8.76. The molecule has 3 aromatic carbocycles. The molecule has 0 bridgehead atoms. The van der Waals surface area contributed by atoms with Gasteiger partial charge in [-0.25, -0.2) is 0 Å². The van der Waals surface area contributed by atoms with Gasteiger partial charge in [0.05, 0.1) is 0 Å². The molecule has 0 spiro atoms. The molecule has 1 aliphatic rings. The largest absolute Gasteiger partial charge is 0.456 e. The Hall–Kier alpha value is -3.32. The topological polar surface area (TPSA) is 13.1 Å². The molecule has 1 aromatic heterocycles. The summed E-state index contributed by atoms with van der Waals surface area (Å²) in [5.74, 6) is 1.02. The monoisotopic (exact) mass is 390 g/mol. The van der Waals surface area contributed by atoms with Crippen LogP contribution >= 0.6 is 0 Å². The lowest BCUT2D eigenvalue weighted by atomic mass is 9.88. The van der Waals surface area contributed by atoms with Crippen LogP contribution in [0.2, 0.25) is 0 Å². The predicted octanol–water partition coefficient (Wildman–Crippen LogP) is 8.36. The van der Waals surface area contributed by atoms with Crippen molar-refractivity contribution in [3.63, 3.8) is 0 Å². The van der Waals surface area contributed by atoms with Gasteiger partial charge < -0.3 is 4.42 Å². The van der Waals surface area contributed by atoms with Crippen molar-refractivity contribution in [1.29, 1.82) is 0 Å². The van der Waals surface area contributed by atoms with E-state index in [0.717, 1.165) is 24.2 Å². The number of hydrogen-bond acceptors (Lipinski definition) is 1. The fourth-order valence-electron chi connectivity index (χ4n) is 4.42. The third kappa shape index (κ3) is 3.21. The summed E-state index contributed by atoms with van der Waals surface area (Å²) in [6, 6.07) is 19.8. The Balaban J connectivity index is 1.58. The van der Waals surface area contributed by atoms with Crippen LogP contribution in [-0.4, -0.2) is 0 Å². The number of rotatable bonds is 3. The highest BCUT2D eigenvalue weighted by Gasteiger charge is 2.20. The van der Waals surface area contributed by atoms with E-state index in [-0.39, 0.29) is 0 Å². The molecule has 0 radical (unpaired) electrons. The van der Waals surface area contributed by atoms with E-state index in [4.69, 9.17) is 4.42 Å². The van der Waals surface area contributed by atoms with Crippen molar-refractivity contribution in [2.75, 3.05) is 0 Å². The van der Waals surface area contributed by atoms with Gasteiger partial charge in [-0.2, -0.15) is 0 Å². The predicted molar refractivity (Wildman–Crippen MR) is 130 cm³/mol. The van der Waals surface area contributed by atoms with Crippen molar-refractivity contribution in [2.24, 2.45) is 0 Å². The van der Waals surface area contributed by atoms with Gasteiger partial charge in [-0.3, -0.25) is 0 Å². The zero-order valence-corrected chi connectivity index (χ0v) is 17.8. The number of furan rings is 1. The van der Waals surface area contributed by atoms with Gasteiger partial charge in [0.2, 0.25) is 0 Å². The van der Waals surface area contributed by atoms with Crippen molar-refractivity contribution in [1.82, 2.24) is 0 Å². The van der Waals surface area contributed by atoms with E-state index in [1.807, 2.05) is 0 Å². The highest BCUT2D eigenvalue weighted by atomic mass is 16.3. The normalized spacial score (nSPS) is 14.5. The Morgan fingerprint density at radius 2 is 1.77 bits per heavy atom. The van der Waals surface area contributed by atoms with Crippen molar-refractivity contribution in [3.8, 4) is 0 Å². The van der Waals surface area contributed by atoms with E-state index >= 15 is 0 Å². The summed E-state index contributed by atoms with van der Waals surface area (Å²) >= 11 is 0. The molecule has 0 amide bonds. The maximum atomic E-state index is 6.33. The van der Waals surface area contributed by atoms with Crippen LogP contribution < -0.4 is 0 Å². The van der Waals surface area contributed by atoms with Gasteiger partial charge in [-0.1, -0.05) is 72.3 Å². The minimum Gasteiger partial charge on any atom is -0.456 e. The van der Waals surface area contributed by atoms with E-state index < -0.39 is 0 Å². The Bertz CT molecular complexity index is 1360. The average molecular weight is 391 g/mol. The van der Waals surface area contributed by atoms with E-state index in [9.17, 15) is 0 Å². The molecule has 0 aliphatic heterocycles. The standard InChI is InChI=1S/C29H26O/c1-4-19(2)9-11-21-12-15-26-27-16-13-22(18-29(27)30-28(26)17-21)24-14-10-20(3)23-7-5-6-8-25(23)24/h4-12,14-15,17-18H,13,16H2,1-3H3. The van der Waals surface area contributed by atoms with Gasteiger partial charge in [-0.15, -0.1) is 0 Å². The van der Waals surface area contributed by atoms with Gasteiger partial charge in [-0.05, 0) is 78.8 Å². The molecule has 0 N–H and O–H groups in total. The van der Waals surface area contributed by atoms with Crippen LogP contribution in [0.1, 0.15) is 48.3 Å². The number of benzene rings is 3. The molecule has 4 aromatic rings. The van der Waals surface area contributed by atoms with E-state index in [2.05, 4.69) is 99.7 Å². The first-order chi connectivity index (χ1) is 14.6. The first-order valence-corrected chi connectivity index (χ1v) is 10.7. The van der Waals surface area contributed by atoms with Gasteiger partial charge >= 0.3 is 0 Å². The molecule has 1 aliphatic carbocycles. The molecule has 30 heavy (non-hydrogen) atoms. The van der Waals surface area contributed by atoms with E-state index in [1.165, 1.54) is 49.6 Å². The average Bonchev–Trinajstić information content (AvgIpc) is 3.14. The van der Waals surface area contributed by atoms with Crippen LogP contribution in [0.4, 0.5) is 0 Å². The lowest BCUT2D eigenvalue weighted by Crippen LogP contribution is -1.98. The fraction of sp³-hybridized carbons (Fsp3) is 0.172. The van der Waals surface area contributed by atoms with Crippen LogP contribution in [0.5, 0.6) is 0 Å². The molecule has 5 rings (SSSR count). The fourth-order valence-corrected chi connectivity index (χ4v) is 4.42. The Kier molecular flexibility index (Phi) is 4.67. The summed E-state index contributed by atoms with van der Waals surface area (Å²) < 4.78 is 6.33. The smallest absolute Gasteiger partial charge is 0.135 e. The molecular weight excluding hydrogens is 364 g/mol.